The van der Waals surface area contributed by atoms with Crippen LogP contribution < -0.4 is 4.90 Å². The van der Waals surface area contributed by atoms with Crippen LogP contribution in [0.1, 0.15) is 45.6 Å². The van der Waals surface area contributed by atoms with Gasteiger partial charge in [0.1, 0.15) is 17.3 Å². The second-order valence-electron chi connectivity index (χ2n) is 5.80. The van der Waals surface area contributed by atoms with Crippen LogP contribution in [0.15, 0.2) is 6.33 Å². The van der Waals surface area contributed by atoms with Crippen molar-refractivity contribution in [3.63, 3.8) is 0 Å². The summed E-state index contributed by atoms with van der Waals surface area (Å²) in [5, 5.41) is 0.600. The van der Waals surface area contributed by atoms with E-state index in [9.17, 15) is 0 Å². The quantitative estimate of drug-likeness (QED) is 0.782. The van der Waals surface area contributed by atoms with Crippen molar-refractivity contribution in [3.8, 4) is 0 Å². The fraction of sp³-hybridized carbons (Fsp3) is 0.714. The molecule has 1 saturated heterocycles. The fourth-order valence-electron chi connectivity index (χ4n) is 2.64. The van der Waals surface area contributed by atoms with Crippen LogP contribution in [0.3, 0.4) is 0 Å². The molecule has 3 nitrogen and oxygen atoms in total. The van der Waals surface area contributed by atoms with E-state index in [-0.39, 0.29) is 0 Å². The van der Waals surface area contributed by atoms with E-state index in [1.165, 1.54) is 6.42 Å². The molecule has 0 saturated carbocycles. The van der Waals surface area contributed by atoms with Crippen molar-refractivity contribution >= 4 is 17.4 Å². The molecule has 0 aliphatic carbocycles. The zero-order valence-corrected chi connectivity index (χ0v) is 12.4. The van der Waals surface area contributed by atoms with E-state index < -0.39 is 0 Å². The highest BCUT2D eigenvalue weighted by Crippen LogP contribution is 2.34. The Labute approximate surface area is 115 Å². The van der Waals surface area contributed by atoms with Gasteiger partial charge in [-0.2, -0.15) is 0 Å². The molecule has 0 amide bonds. The number of halogens is 1. The van der Waals surface area contributed by atoms with E-state index >= 15 is 0 Å². The molecule has 0 N–H and O–H groups in total. The zero-order chi connectivity index (χ0) is 13.3. The van der Waals surface area contributed by atoms with Crippen molar-refractivity contribution < 1.29 is 0 Å². The molecule has 0 radical (unpaired) electrons. The minimum atomic E-state index is 0.354. The first-order valence-electron chi connectivity index (χ1n) is 6.76. The van der Waals surface area contributed by atoms with Gasteiger partial charge < -0.3 is 4.90 Å². The predicted molar refractivity (Wildman–Crippen MR) is 76.3 cm³/mol. The molecule has 100 valence electrons. The van der Waals surface area contributed by atoms with Crippen LogP contribution >= 0.6 is 11.6 Å². The van der Waals surface area contributed by atoms with Gasteiger partial charge in [0.15, 0.2) is 0 Å². The van der Waals surface area contributed by atoms with Crippen molar-refractivity contribution in [2.24, 2.45) is 11.8 Å². The Balaban J connectivity index is 2.27. The number of nitrogens with zero attached hydrogens (tertiary/aromatic N) is 3. The van der Waals surface area contributed by atoms with Crippen molar-refractivity contribution in [3.05, 3.63) is 17.0 Å². The molecule has 18 heavy (non-hydrogen) atoms. The minimum Gasteiger partial charge on any atom is -0.356 e. The average Bonchev–Trinajstić information content (AvgIpc) is 2.77. The van der Waals surface area contributed by atoms with Gasteiger partial charge in [-0.05, 0) is 24.2 Å². The molecule has 1 aromatic rings. The number of hydrogen-bond donors (Lipinski definition) is 0. The smallest absolute Gasteiger partial charge is 0.138 e. The highest BCUT2D eigenvalue weighted by molar-refractivity contribution is 6.30. The molecule has 1 aliphatic heterocycles. The monoisotopic (exact) mass is 267 g/mol. The van der Waals surface area contributed by atoms with Gasteiger partial charge in [0.2, 0.25) is 0 Å². The Hall–Kier alpha value is -0.830. The van der Waals surface area contributed by atoms with E-state index in [1.807, 2.05) is 0 Å². The number of rotatable bonds is 3. The third-order valence-corrected chi connectivity index (χ3v) is 4.16. The van der Waals surface area contributed by atoms with Crippen molar-refractivity contribution in [1.29, 1.82) is 0 Å². The number of anilines is 1. The zero-order valence-electron chi connectivity index (χ0n) is 11.7. The van der Waals surface area contributed by atoms with Gasteiger partial charge in [0.05, 0.1) is 0 Å². The molecule has 0 spiro atoms. The minimum absolute atomic E-state index is 0.354. The summed E-state index contributed by atoms with van der Waals surface area (Å²) in [4.78, 5) is 10.9. The first-order chi connectivity index (χ1) is 8.50. The molecule has 4 heteroatoms. The SMILES string of the molecule is CC(C)c1c(Cl)ncnc1N1CCC(C(C)C)C1. The Morgan fingerprint density at radius 2 is 2.00 bits per heavy atom. The molecule has 1 aromatic heterocycles. The summed E-state index contributed by atoms with van der Waals surface area (Å²) in [6.45, 7) is 11.0. The molecule has 2 heterocycles. The number of aromatic nitrogens is 2. The van der Waals surface area contributed by atoms with Crippen LogP contribution in [-0.2, 0) is 0 Å². The maximum Gasteiger partial charge on any atom is 0.138 e. The molecule has 0 aromatic carbocycles. The van der Waals surface area contributed by atoms with Gasteiger partial charge >= 0.3 is 0 Å². The fourth-order valence-corrected chi connectivity index (χ4v) is 2.98. The van der Waals surface area contributed by atoms with Gasteiger partial charge in [-0.15, -0.1) is 0 Å². The molecule has 2 rings (SSSR count). The molecule has 1 fully saturated rings. The molecular weight excluding hydrogens is 246 g/mol. The second kappa shape index (κ2) is 5.43. The van der Waals surface area contributed by atoms with E-state index in [2.05, 4.69) is 42.6 Å². The van der Waals surface area contributed by atoms with Crippen LogP contribution in [0.4, 0.5) is 5.82 Å². The summed E-state index contributed by atoms with van der Waals surface area (Å²) in [5.74, 6) is 2.88. The third-order valence-electron chi connectivity index (χ3n) is 3.86. The van der Waals surface area contributed by atoms with Gasteiger partial charge in [-0.3, -0.25) is 0 Å². The molecule has 1 unspecified atom stereocenters. The van der Waals surface area contributed by atoms with Crippen LogP contribution in [0, 0.1) is 11.8 Å². The maximum atomic E-state index is 6.22. The molecule has 1 atom stereocenters. The van der Waals surface area contributed by atoms with Crippen LogP contribution in [0.2, 0.25) is 5.15 Å². The lowest BCUT2D eigenvalue weighted by atomic mass is 9.95. The van der Waals surface area contributed by atoms with Gasteiger partial charge in [-0.1, -0.05) is 39.3 Å². The summed E-state index contributed by atoms with van der Waals surface area (Å²) >= 11 is 6.22. The summed E-state index contributed by atoms with van der Waals surface area (Å²) < 4.78 is 0. The summed E-state index contributed by atoms with van der Waals surface area (Å²) in [7, 11) is 0. The van der Waals surface area contributed by atoms with Crippen LogP contribution in [-0.4, -0.2) is 23.1 Å². The van der Waals surface area contributed by atoms with Gasteiger partial charge in [0.25, 0.3) is 0 Å². The third kappa shape index (κ3) is 2.61. The lowest BCUT2D eigenvalue weighted by Crippen LogP contribution is -2.24. The lowest BCUT2D eigenvalue weighted by Gasteiger charge is -2.23. The molecular formula is C14H22ClN3. The predicted octanol–water partition coefficient (Wildman–Crippen LogP) is 3.74. The standard InChI is InChI=1S/C14H22ClN3/c1-9(2)11-5-6-18(7-11)14-12(10(3)4)13(15)16-8-17-14/h8-11H,5-7H2,1-4H3. The average molecular weight is 268 g/mol. The summed E-state index contributed by atoms with van der Waals surface area (Å²) in [6, 6.07) is 0. The highest BCUT2D eigenvalue weighted by atomic mass is 35.5. The van der Waals surface area contributed by atoms with E-state index in [0.29, 0.717) is 11.1 Å². The Kier molecular flexibility index (Phi) is 4.10. The number of hydrogen-bond acceptors (Lipinski definition) is 3. The van der Waals surface area contributed by atoms with E-state index in [4.69, 9.17) is 11.6 Å². The van der Waals surface area contributed by atoms with Crippen LogP contribution in [0.5, 0.6) is 0 Å². The highest BCUT2D eigenvalue weighted by Gasteiger charge is 2.28. The van der Waals surface area contributed by atoms with Crippen molar-refractivity contribution in [1.82, 2.24) is 9.97 Å². The topological polar surface area (TPSA) is 29.0 Å². The molecule has 0 bridgehead atoms. The first kappa shape index (κ1) is 13.6. The van der Waals surface area contributed by atoms with Crippen molar-refractivity contribution in [2.75, 3.05) is 18.0 Å². The van der Waals surface area contributed by atoms with Crippen molar-refractivity contribution in [2.45, 2.75) is 40.0 Å². The van der Waals surface area contributed by atoms with Crippen LogP contribution in [0.25, 0.3) is 0 Å². The Bertz CT molecular complexity index is 418. The largest absolute Gasteiger partial charge is 0.356 e. The van der Waals surface area contributed by atoms with E-state index in [1.54, 1.807) is 6.33 Å². The lowest BCUT2D eigenvalue weighted by molar-refractivity contribution is 0.422. The Morgan fingerprint density at radius 3 is 2.56 bits per heavy atom. The van der Waals surface area contributed by atoms with E-state index in [0.717, 1.165) is 36.3 Å². The van der Waals surface area contributed by atoms with Gasteiger partial charge in [-0.25, -0.2) is 9.97 Å². The normalized spacial score (nSPS) is 20.2. The summed E-state index contributed by atoms with van der Waals surface area (Å²) in [5.41, 5.74) is 1.09. The van der Waals surface area contributed by atoms with Gasteiger partial charge in [0, 0.05) is 18.7 Å². The maximum absolute atomic E-state index is 6.22. The molecule has 1 aliphatic rings. The first-order valence-corrected chi connectivity index (χ1v) is 7.13. The Morgan fingerprint density at radius 1 is 1.28 bits per heavy atom. The second-order valence-corrected chi connectivity index (χ2v) is 6.15. The summed E-state index contributed by atoms with van der Waals surface area (Å²) in [6.07, 6.45) is 2.82.